The number of carbonyl (C=O) groups is 3. The summed E-state index contributed by atoms with van der Waals surface area (Å²) < 4.78 is 10.7. The van der Waals surface area contributed by atoms with E-state index >= 15 is 0 Å². The molecule has 0 unspecified atom stereocenters. The fourth-order valence-electron chi connectivity index (χ4n) is 3.90. The van der Waals surface area contributed by atoms with Crippen LogP contribution in [0.1, 0.15) is 32.8 Å². The monoisotopic (exact) mass is 390 g/mol. The standard InChI is InChI=1S/C20H26N2O6/c1-19(2,3)28-17(25)21-11-15-9-10-22(20(15,13-21)16(23)24)18(26)27-12-14-7-5-4-6-8-14/h4-8,15H,9-13H2,1-3H3,(H,23,24)/t15-,20+/m0/s1. The Balaban J connectivity index is 1.73. The smallest absolute Gasteiger partial charge is 0.411 e. The quantitative estimate of drug-likeness (QED) is 0.852. The zero-order valence-electron chi connectivity index (χ0n) is 16.4. The van der Waals surface area contributed by atoms with E-state index in [2.05, 4.69) is 0 Å². The van der Waals surface area contributed by atoms with Gasteiger partial charge in [0.2, 0.25) is 0 Å². The molecule has 0 bridgehead atoms. The Bertz CT molecular complexity index is 760. The fourth-order valence-corrected chi connectivity index (χ4v) is 3.90. The van der Waals surface area contributed by atoms with Crippen LogP contribution in [0.4, 0.5) is 9.59 Å². The molecule has 152 valence electrons. The van der Waals surface area contributed by atoms with Crippen molar-refractivity contribution in [3.8, 4) is 0 Å². The van der Waals surface area contributed by atoms with Crippen molar-refractivity contribution in [1.29, 1.82) is 0 Å². The first kappa shape index (κ1) is 20.0. The first-order chi connectivity index (χ1) is 13.1. The van der Waals surface area contributed by atoms with Crippen LogP contribution in [-0.4, -0.2) is 63.8 Å². The maximum atomic E-state index is 12.7. The Morgan fingerprint density at radius 2 is 1.86 bits per heavy atom. The molecular weight excluding hydrogens is 364 g/mol. The summed E-state index contributed by atoms with van der Waals surface area (Å²) >= 11 is 0. The maximum Gasteiger partial charge on any atom is 0.411 e. The SMILES string of the molecule is CC(C)(C)OC(=O)N1C[C@@H]2CCN(C(=O)OCc3ccccc3)[C@]2(C(=O)O)C1. The minimum Gasteiger partial charge on any atom is -0.479 e. The number of nitrogens with zero attached hydrogens (tertiary/aromatic N) is 2. The van der Waals surface area contributed by atoms with E-state index in [-0.39, 0.29) is 32.2 Å². The summed E-state index contributed by atoms with van der Waals surface area (Å²) in [7, 11) is 0. The first-order valence-corrected chi connectivity index (χ1v) is 9.33. The van der Waals surface area contributed by atoms with Gasteiger partial charge in [0.15, 0.2) is 5.54 Å². The van der Waals surface area contributed by atoms with E-state index in [9.17, 15) is 19.5 Å². The van der Waals surface area contributed by atoms with Crippen molar-refractivity contribution in [2.75, 3.05) is 19.6 Å². The predicted molar refractivity (Wildman–Crippen MR) is 99.6 cm³/mol. The third-order valence-corrected chi connectivity index (χ3v) is 5.18. The van der Waals surface area contributed by atoms with Crippen LogP contribution in [0.25, 0.3) is 0 Å². The van der Waals surface area contributed by atoms with Crippen molar-refractivity contribution < 1.29 is 29.0 Å². The van der Waals surface area contributed by atoms with Gasteiger partial charge in [0.1, 0.15) is 12.2 Å². The molecule has 28 heavy (non-hydrogen) atoms. The Hall–Kier alpha value is -2.77. The number of carboxylic acids is 1. The Morgan fingerprint density at radius 1 is 1.18 bits per heavy atom. The van der Waals surface area contributed by atoms with Crippen LogP contribution in [0.5, 0.6) is 0 Å². The zero-order valence-corrected chi connectivity index (χ0v) is 16.4. The highest BCUT2D eigenvalue weighted by atomic mass is 16.6. The summed E-state index contributed by atoms with van der Waals surface area (Å²) in [5.41, 5.74) is -1.35. The second kappa shape index (κ2) is 7.33. The van der Waals surface area contributed by atoms with Crippen molar-refractivity contribution in [3.63, 3.8) is 0 Å². The number of ether oxygens (including phenoxy) is 2. The van der Waals surface area contributed by atoms with Crippen LogP contribution >= 0.6 is 0 Å². The lowest BCUT2D eigenvalue weighted by Crippen LogP contribution is -2.58. The molecule has 2 saturated heterocycles. The second-order valence-electron chi connectivity index (χ2n) is 8.27. The Labute approximate surface area is 164 Å². The van der Waals surface area contributed by atoms with Crippen LogP contribution in [0.3, 0.4) is 0 Å². The van der Waals surface area contributed by atoms with Gasteiger partial charge in [0.25, 0.3) is 0 Å². The molecule has 2 heterocycles. The molecule has 0 radical (unpaired) electrons. The average molecular weight is 390 g/mol. The lowest BCUT2D eigenvalue weighted by molar-refractivity contribution is -0.149. The van der Waals surface area contributed by atoms with Gasteiger partial charge in [0.05, 0.1) is 6.54 Å². The van der Waals surface area contributed by atoms with Crippen molar-refractivity contribution >= 4 is 18.2 Å². The number of benzene rings is 1. The number of carboxylic acid groups (broad SMARTS) is 1. The van der Waals surface area contributed by atoms with Crippen molar-refractivity contribution in [2.24, 2.45) is 5.92 Å². The topological polar surface area (TPSA) is 96.4 Å². The fraction of sp³-hybridized carbons (Fsp3) is 0.550. The number of amides is 2. The third-order valence-electron chi connectivity index (χ3n) is 5.18. The molecule has 0 aliphatic carbocycles. The van der Waals surface area contributed by atoms with Gasteiger partial charge in [-0.2, -0.15) is 0 Å². The maximum absolute atomic E-state index is 12.7. The van der Waals surface area contributed by atoms with Crippen LogP contribution in [-0.2, 0) is 20.9 Å². The van der Waals surface area contributed by atoms with E-state index in [0.717, 1.165) is 5.56 Å². The van der Waals surface area contributed by atoms with Crippen LogP contribution in [0, 0.1) is 5.92 Å². The van der Waals surface area contributed by atoms with E-state index in [1.807, 2.05) is 30.3 Å². The molecule has 2 aliphatic heterocycles. The Morgan fingerprint density at radius 3 is 2.46 bits per heavy atom. The predicted octanol–water partition coefficient (Wildman–Crippen LogP) is 2.72. The highest BCUT2D eigenvalue weighted by molar-refractivity contribution is 5.87. The normalized spacial score (nSPS) is 24.0. The average Bonchev–Trinajstić information content (AvgIpc) is 3.16. The Kier molecular flexibility index (Phi) is 5.23. The minimum atomic E-state index is -1.48. The van der Waals surface area contributed by atoms with E-state index in [4.69, 9.17) is 9.47 Å². The molecular formula is C20H26N2O6. The third kappa shape index (κ3) is 3.76. The molecule has 1 N–H and O–H groups in total. The molecule has 3 rings (SSSR count). The molecule has 2 fully saturated rings. The van der Waals surface area contributed by atoms with Crippen molar-refractivity contribution in [1.82, 2.24) is 9.80 Å². The summed E-state index contributed by atoms with van der Waals surface area (Å²) in [5.74, 6) is -1.49. The lowest BCUT2D eigenvalue weighted by Gasteiger charge is -2.33. The molecule has 0 saturated carbocycles. The summed E-state index contributed by atoms with van der Waals surface area (Å²) in [6.07, 6.45) is -0.758. The number of rotatable bonds is 3. The van der Waals surface area contributed by atoms with E-state index in [1.165, 1.54) is 9.80 Å². The molecule has 2 aliphatic rings. The second-order valence-corrected chi connectivity index (χ2v) is 8.27. The van der Waals surface area contributed by atoms with Gasteiger partial charge in [0, 0.05) is 19.0 Å². The molecule has 8 nitrogen and oxygen atoms in total. The molecule has 0 spiro atoms. The van der Waals surface area contributed by atoms with Crippen LogP contribution < -0.4 is 0 Å². The van der Waals surface area contributed by atoms with Gasteiger partial charge in [-0.25, -0.2) is 14.4 Å². The number of aliphatic carboxylic acids is 1. The molecule has 0 aromatic heterocycles. The number of carbonyl (C=O) groups excluding carboxylic acids is 2. The van der Waals surface area contributed by atoms with Gasteiger partial charge in [-0.1, -0.05) is 30.3 Å². The highest BCUT2D eigenvalue weighted by Gasteiger charge is 2.63. The summed E-state index contributed by atoms with van der Waals surface area (Å²) in [6.45, 7) is 5.73. The van der Waals surface area contributed by atoms with Gasteiger partial charge in [-0.15, -0.1) is 0 Å². The summed E-state index contributed by atoms with van der Waals surface area (Å²) in [5, 5.41) is 9.98. The van der Waals surface area contributed by atoms with Gasteiger partial charge < -0.3 is 19.5 Å². The molecule has 2 amide bonds. The van der Waals surface area contributed by atoms with E-state index < -0.39 is 29.3 Å². The molecule has 1 aromatic carbocycles. The summed E-state index contributed by atoms with van der Waals surface area (Å²) in [6, 6.07) is 9.19. The zero-order chi connectivity index (χ0) is 20.5. The highest BCUT2D eigenvalue weighted by Crippen LogP contribution is 2.42. The summed E-state index contributed by atoms with van der Waals surface area (Å²) in [4.78, 5) is 40.0. The van der Waals surface area contributed by atoms with Crippen LogP contribution in [0.2, 0.25) is 0 Å². The van der Waals surface area contributed by atoms with Crippen molar-refractivity contribution in [3.05, 3.63) is 35.9 Å². The van der Waals surface area contributed by atoms with Crippen LogP contribution in [0.15, 0.2) is 30.3 Å². The molecule has 2 atom stereocenters. The molecule has 8 heteroatoms. The van der Waals surface area contributed by atoms with Gasteiger partial charge in [-0.3, -0.25) is 4.90 Å². The van der Waals surface area contributed by atoms with Crippen molar-refractivity contribution in [2.45, 2.75) is 44.9 Å². The molecule has 1 aromatic rings. The lowest BCUT2D eigenvalue weighted by atomic mass is 9.88. The van der Waals surface area contributed by atoms with Gasteiger partial charge >= 0.3 is 18.2 Å². The first-order valence-electron chi connectivity index (χ1n) is 9.33. The number of hydrogen-bond acceptors (Lipinski definition) is 5. The van der Waals surface area contributed by atoms with Gasteiger partial charge in [-0.05, 0) is 32.8 Å². The minimum absolute atomic E-state index is 0.0618. The van der Waals surface area contributed by atoms with E-state index in [1.54, 1.807) is 20.8 Å². The largest absolute Gasteiger partial charge is 0.479 e. The number of hydrogen-bond donors (Lipinski definition) is 1. The number of fused-ring (bicyclic) bond motifs is 1. The van der Waals surface area contributed by atoms with E-state index in [0.29, 0.717) is 6.42 Å². The number of likely N-dealkylation sites (tertiary alicyclic amines) is 2.